The fourth-order valence-electron chi connectivity index (χ4n) is 1.32. The van der Waals surface area contributed by atoms with Gasteiger partial charge in [0.05, 0.1) is 18.3 Å². The topological polar surface area (TPSA) is 72.4 Å². The summed E-state index contributed by atoms with van der Waals surface area (Å²) in [6, 6.07) is 0. The van der Waals surface area contributed by atoms with E-state index in [1.54, 1.807) is 0 Å². The lowest BCUT2D eigenvalue weighted by molar-refractivity contribution is -0.141. The maximum atomic E-state index is 12.1. The quantitative estimate of drug-likeness (QED) is 0.784. The van der Waals surface area contributed by atoms with Crippen molar-refractivity contribution in [3.05, 3.63) is 22.7 Å². The summed E-state index contributed by atoms with van der Waals surface area (Å²) in [4.78, 5) is 32.7. The van der Waals surface area contributed by atoms with E-state index in [1.165, 1.54) is 25.3 Å². The summed E-state index contributed by atoms with van der Waals surface area (Å²) >= 11 is 5.92. The van der Waals surface area contributed by atoms with Crippen molar-refractivity contribution in [2.75, 3.05) is 20.7 Å². The molecule has 1 amide bonds. The van der Waals surface area contributed by atoms with Gasteiger partial charge < -0.3 is 9.64 Å². The molecule has 0 saturated heterocycles. The van der Waals surface area contributed by atoms with Crippen LogP contribution in [-0.2, 0) is 9.53 Å². The Morgan fingerprint density at radius 1 is 1.47 bits per heavy atom. The molecule has 0 bridgehead atoms. The lowest BCUT2D eigenvalue weighted by atomic mass is 10.2. The molecule has 1 aromatic rings. The van der Waals surface area contributed by atoms with E-state index < -0.39 is 11.9 Å². The summed E-state index contributed by atoms with van der Waals surface area (Å²) in [5.41, 5.74) is 0.0896. The molecule has 0 saturated carbocycles. The highest BCUT2D eigenvalue weighted by molar-refractivity contribution is 6.33. The lowest BCUT2D eigenvalue weighted by Crippen LogP contribution is -2.33. The number of esters is 1. The number of amides is 1. The fraction of sp³-hybridized carbons (Fsp3) is 0.500. The number of ether oxygens (including phenoxy) is 1. The maximum absolute atomic E-state index is 12.1. The van der Waals surface area contributed by atoms with E-state index in [0.717, 1.165) is 0 Å². The molecular weight excluding hydrogens is 270 g/mol. The van der Waals surface area contributed by atoms with Crippen LogP contribution < -0.4 is 0 Å². The average Bonchev–Trinajstić information content (AvgIpc) is 2.37. The molecule has 0 aliphatic rings. The molecule has 1 aromatic heterocycles. The Morgan fingerprint density at radius 3 is 2.63 bits per heavy atom. The monoisotopic (exact) mass is 285 g/mol. The molecule has 6 nitrogen and oxygen atoms in total. The van der Waals surface area contributed by atoms with Crippen molar-refractivity contribution in [3.8, 4) is 0 Å². The van der Waals surface area contributed by atoms with Crippen LogP contribution in [0.25, 0.3) is 0 Å². The molecule has 0 fully saturated rings. The maximum Gasteiger partial charge on any atom is 0.325 e. The average molecular weight is 286 g/mol. The summed E-state index contributed by atoms with van der Waals surface area (Å²) in [5.74, 6) is -0.348. The van der Waals surface area contributed by atoms with Gasteiger partial charge in [0, 0.05) is 13.0 Å². The summed E-state index contributed by atoms with van der Waals surface area (Å²) in [7, 11) is 2.74. The normalized spacial score (nSPS) is 10.4. The predicted octanol–water partition coefficient (Wildman–Crippen LogP) is 1.50. The standard InChI is InChI=1S/C12H16ClN3O3/c1-7(2)11-14-5-8(13)10(15-11)12(18)16(3)6-9(17)19-4/h5,7H,6H2,1-4H3. The van der Waals surface area contributed by atoms with Gasteiger partial charge in [0.25, 0.3) is 5.91 Å². The van der Waals surface area contributed by atoms with Crippen LogP contribution in [0.5, 0.6) is 0 Å². The number of carbonyl (C=O) groups excluding carboxylic acids is 2. The number of aromatic nitrogens is 2. The number of likely N-dealkylation sites (N-methyl/N-ethyl adjacent to an activating group) is 1. The van der Waals surface area contributed by atoms with Gasteiger partial charge in [0.15, 0.2) is 5.69 Å². The van der Waals surface area contributed by atoms with Crippen LogP contribution in [0.3, 0.4) is 0 Å². The van der Waals surface area contributed by atoms with E-state index in [9.17, 15) is 9.59 Å². The second kappa shape index (κ2) is 6.47. The first-order valence-corrected chi connectivity index (χ1v) is 6.09. The molecule has 0 unspecified atom stereocenters. The first-order chi connectivity index (χ1) is 8.86. The van der Waals surface area contributed by atoms with Crippen LogP contribution in [0, 0.1) is 0 Å². The van der Waals surface area contributed by atoms with E-state index in [0.29, 0.717) is 5.82 Å². The fourth-order valence-corrected chi connectivity index (χ4v) is 1.49. The van der Waals surface area contributed by atoms with E-state index in [4.69, 9.17) is 11.6 Å². The van der Waals surface area contributed by atoms with Gasteiger partial charge in [-0.05, 0) is 0 Å². The number of rotatable bonds is 4. The summed E-state index contributed by atoms with van der Waals surface area (Å²) in [6.45, 7) is 3.66. The third kappa shape index (κ3) is 3.89. The minimum Gasteiger partial charge on any atom is -0.468 e. The Bertz CT molecular complexity index is 491. The molecule has 0 aliphatic heterocycles. The van der Waals surface area contributed by atoms with Crippen LogP contribution in [0.1, 0.15) is 36.1 Å². The van der Waals surface area contributed by atoms with Crippen molar-refractivity contribution in [1.82, 2.24) is 14.9 Å². The highest BCUT2D eigenvalue weighted by atomic mass is 35.5. The SMILES string of the molecule is COC(=O)CN(C)C(=O)c1nc(C(C)C)ncc1Cl. The van der Waals surface area contributed by atoms with Crippen LogP contribution in [0.4, 0.5) is 0 Å². The van der Waals surface area contributed by atoms with Gasteiger partial charge in [-0.3, -0.25) is 9.59 Å². The minimum atomic E-state index is -0.509. The zero-order chi connectivity index (χ0) is 14.6. The van der Waals surface area contributed by atoms with Crippen molar-refractivity contribution in [1.29, 1.82) is 0 Å². The molecule has 0 atom stereocenters. The van der Waals surface area contributed by atoms with Gasteiger partial charge >= 0.3 is 5.97 Å². The van der Waals surface area contributed by atoms with Crippen LogP contribution >= 0.6 is 11.6 Å². The van der Waals surface area contributed by atoms with E-state index in [1.807, 2.05) is 13.8 Å². The van der Waals surface area contributed by atoms with E-state index in [-0.39, 0.29) is 23.2 Å². The van der Waals surface area contributed by atoms with Crippen LogP contribution in [0.15, 0.2) is 6.20 Å². The lowest BCUT2D eigenvalue weighted by Gasteiger charge is -2.16. The molecule has 0 aromatic carbocycles. The van der Waals surface area contributed by atoms with Gasteiger partial charge in [-0.25, -0.2) is 9.97 Å². The Morgan fingerprint density at radius 2 is 2.11 bits per heavy atom. The van der Waals surface area contributed by atoms with Gasteiger partial charge in [-0.1, -0.05) is 25.4 Å². The minimum absolute atomic E-state index is 0.0785. The van der Waals surface area contributed by atoms with Crippen LogP contribution in [-0.4, -0.2) is 47.4 Å². The van der Waals surface area contributed by atoms with Crippen molar-refractivity contribution in [3.63, 3.8) is 0 Å². The first kappa shape index (κ1) is 15.4. The summed E-state index contributed by atoms with van der Waals surface area (Å²) < 4.78 is 4.50. The van der Waals surface area contributed by atoms with Gasteiger partial charge in [0.1, 0.15) is 12.4 Å². The Hall–Kier alpha value is -1.69. The van der Waals surface area contributed by atoms with Crippen molar-refractivity contribution >= 4 is 23.5 Å². The summed E-state index contributed by atoms with van der Waals surface area (Å²) in [5, 5.41) is 0.158. The molecular formula is C12H16ClN3O3. The van der Waals surface area contributed by atoms with Crippen molar-refractivity contribution in [2.45, 2.75) is 19.8 Å². The zero-order valence-electron chi connectivity index (χ0n) is 11.3. The second-order valence-electron chi connectivity index (χ2n) is 4.32. The molecule has 7 heteroatoms. The van der Waals surface area contributed by atoms with E-state index >= 15 is 0 Å². The third-order valence-corrected chi connectivity index (χ3v) is 2.70. The third-order valence-electron chi connectivity index (χ3n) is 2.42. The molecule has 1 heterocycles. The molecule has 0 spiro atoms. The number of nitrogens with zero attached hydrogens (tertiary/aromatic N) is 3. The van der Waals surface area contributed by atoms with Gasteiger partial charge in [-0.2, -0.15) is 0 Å². The number of halogens is 1. The number of hydrogen-bond acceptors (Lipinski definition) is 5. The van der Waals surface area contributed by atoms with Gasteiger partial charge in [0.2, 0.25) is 0 Å². The van der Waals surface area contributed by atoms with Crippen molar-refractivity contribution < 1.29 is 14.3 Å². The Kier molecular flexibility index (Phi) is 5.23. The number of methoxy groups -OCH3 is 1. The molecule has 104 valence electrons. The highest BCUT2D eigenvalue weighted by Crippen LogP contribution is 2.17. The molecule has 19 heavy (non-hydrogen) atoms. The molecule has 1 rings (SSSR count). The number of carbonyl (C=O) groups is 2. The van der Waals surface area contributed by atoms with Crippen LogP contribution in [0.2, 0.25) is 5.02 Å². The Labute approximate surface area is 116 Å². The largest absolute Gasteiger partial charge is 0.468 e. The molecule has 0 aliphatic carbocycles. The number of hydrogen-bond donors (Lipinski definition) is 0. The summed E-state index contributed by atoms with van der Waals surface area (Å²) in [6.07, 6.45) is 1.39. The first-order valence-electron chi connectivity index (χ1n) is 5.71. The molecule has 0 N–H and O–H groups in total. The molecule has 0 radical (unpaired) electrons. The van der Waals surface area contributed by atoms with Gasteiger partial charge in [-0.15, -0.1) is 0 Å². The van der Waals surface area contributed by atoms with Crippen molar-refractivity contribution in [2.24, 2.45) is 0 Å². The highest BCUT2D eigenvalue weighted by Gasteiger charge is 2.20. The zero-order valence-corrected chi connectivity index (χ0v) is 12.1. The van der Waals surface area contributed by atoms with E-state index in [2.05, 4.69) is 14.7 Å². The Balaban J connectivity index is 2.98. The predicted molar refractivity (Wildman–Crippen MR) is 70.1 cm³/mol. The second-order valence-corrected chi connectivity index (χ2v) is 4.72. The smallest absolute Gasteiger partial charge is 0.325 e.